The molecule has 0 radical (unpaired) electrons. The van der Waals surface area contributed by atoms with E-state index >= 15 is 0 Å². The highest BCUT2D eigenvalue weighted by molar-refractivity contribution is 5.88. The number of ether oxygens (including phenoxy) is 1. The van der Waals surface area contributed by atoms with E-state index in [1.807, 2.05) is 20.8 Å². The lowest BCUT2D eigenvalue weighted by Crippen LogP contribution is -2.46. The lowest BCUT2D eigenvalue weighted by molar-refractivity contribution is -0.127. The predicted octanol–water partition coefficient (Wildman–Crippen LogP) is -0.296. The van der Waals surface area contributed by atoms with E-state index in [1.165, 1.54) is 4.90 Å². The third-order valence-electron chi connectivity index (χ3n) is 3.32. The molecule has 0 aromatic carbocycles. The van der Waals surface area contributed by atoms with Crippen molar-refractivity contribution in [1.82, 2.24) is 20.9 Å². The van der Waals surface area contributed by atoms with Crippen LogP contribution in [0.4, 0.5) is 0 Å². The maximum Gasteiger partial charge on any atom is 0.242 e. The molecule has 1 heterocycles. The van der Waals surface area contributed by atoms with Crippen LogP contribution in [-0.2, 0) is 14.3 Å². The molecular formula is C16H31N5O3. The Labute approximate surface area is 144 Å². The van der Waals surface area contributed by atoms with Crippen molar-refractivity contribution >= 4 is 17.8 Å². The molecule has 1 aliphatic heterocycles. The maximum absolute atomic E-state index is 11.9. The number of rotatable bonds is 6. The SMILES string of the molecule is CN(C)C(=O)CNC(=NCC(=O)NC(C)(C)C)NCC1CCCO1. The topological polar surface area (TPSA) is 95.1 Å². The number of likely N-dealkylation sites (N-methyl/N-ethyl adjacent to an activating group) is 1. The summed E-state index contributed by atoms with van der Waals surface area (Å²) >= 11 is 0. The Hall–Kier alpha value is -1.83. The molecule has 1 aliphatic rings. The van der Waals surface area contributed by atoms with Gasteiger partial charge in [-0.25, -0.2) is 4.99 Å². The fourth-order valence-corrected chi connectivity index (χ4v) is 2.12. The maximum atomic E-state index is 11.9. The average molecular weight is 341 g/mol. The predicted molar refractivity (Wildman–Crippen MR) is 93.9 cm³/mol. The van der Waals surface area contributed by atoms with Crippen LogP contribution in [0.15, 0.2) is 4.99 Å². The van der Waals surface area contributed by atoms with Crippen molar-refractivity contribution in [2.45, 2.75) is 45.3 Å². The Morgan fingerprint density at radius 3 is 2.50 bits per heavy atom. The van der Waals surface area contributed by atoms with E-state index in [9.17, 15) is 9.59 Å². The Kier molecular flexibility index (Phi) is 7.97. The molecule has 0 aromatic rings. The quantitative estimate of drug-likeness (QED) is 0.456. The monoisotopic (exact) mass is 341 g/mol. The summed E-state index contributed by atoms with van der Waals surface area (Å²) in [6, 6.07) is 0. The lowest BCUT2D eigenvalue weighted by atomic mass is 10.1. The number of carbonyl (C=O) groups is 2. The van der Waals surface area contributed by atoms with Gasteiger partial charge in [0.2, 0.25) is 11.8 Å². The van der Waals surface area contributed by atoms with Gasteiger partial charge in [-0.1, -0.05) is 0 Å². The smallest absolute Gasteiger partial charge is 0.242 e. The number of carbonyl (C=O) groups excluding carboxylic acids is 2. The summed E-state index contributed by atoms with van der Waals surface area (Å²) in [6.07, 6.45) is 2.20. The van der Waals surface area contributed by atoms with E-state index in [0.717, 1.165) is 19.4 Å². The van der Waals surface area contributed by atoms with Crippen molar-refractivity contribution in [1.29, 1.82) is 0 Å². The van der Waals surface area contributed by atoms with Crippen LogP contribution in [0.25, 0.3) is 0 Å². The zero-order chi connectivity index (χ0) is 18.2. The summed E-state index contributed by atoms with van der Waals surface area (Å²) in [5.74, 6) is 0.199. The fourth-order valence-electron chi connectivity index (χ4n) is 2.12. The first kappa shape index (κ1) is 20.2. The summed E-state index contributed by atoms with van der Waals surface area (Å²) in [6.45, 7) is 7.24. The van der Waals surface area contributed by atoms with Gasteiger partial charge in [-0.05, 0) is 33.6 Å². The second-order valence-corrected chi connectivity index (χ2v) is 7.12. The second kappa shape index (κ2) is 9.46. The Morgan fingerprint density at radius 2 is 1.96 bits per heavy atom. The van der Waals surface area contributed by atoms with E-state index < -0.39 is 0 Å². The van der Waals surface area contributed by atoms with E-state index in [1.54, 1.807) is 14.1 Å². The highest BCUT2D eigenvalue weighted by Crippen LogP contribution is 2.10. The van der Waals surface area contributed by atoms with Crippen LogP contribution in [0.2, 0.25) is 0 Å². The molecule has 138 valence electrons. The number of hydrogen-bond donors (Lipinski definition) is 3. The zero-order valence-electron chi connectivity index (χ0n) is 15.4. The molecule has 3 N–H and O–H groups in total. The molecule has 8 heteroatoms. The van der Waals surface area contributed by atoms with Gasteiger partial charge < -0.3 is 25.6 Å². The molecular weight excluding hydrogens is 310 g/mol. The number of nitrogens with zero attached hydrogens (tertiary/aromatic N) is 2. The van der Waals surface area contributed by atoms with Gasteiger partial charge in [0.05, 0.1) is 12.6 Å². The molecule has 8 nitrogen and oxygen atoms in total. The normalized spacial score (nSPS) is 18.2. The summed E-state index contributed by atoms with van der Waals surface area (Å²) < 4.78 is 5.56. The van der Waals surface area contributed by atoms with Crippen LogP contribution in [0.1, 0.15) is 33.6 Å². The molecule has 0 aliphatic carbocycles. The number of aliphatic imine (C=N–C) groups is 1. The van der Waals surface area contributed by atoms with Gasteiger partial charge in [0, 0.05) is 32.8 Å². The summed E-state index contributed by atoms with van der Waals surface area (Å²) in [4.78, 5) is 29.4. The minimum atomic E-state index is -0.299. The van der Waals surface area contributed by atoms with E-state index in [2.05, 4.69) is 20.9 Å². The Morgan fingerprint density at radius 1 is 1.25 bits per heavy atom. The number of amides is 2. The van der Waals surface area contributed by atoms with Gasteiger partial charge in [-0.3, -0.25) is 9.59 Å². The van der Waals surface area contributed by atoms with Crippen molar-refractivity contribution < 1.29 is 14.3 Å². The van der Waals surface area contributed by atoms with Gasteiger partial charge in [-0.15, -0.1) is 0 Å². The number of hydrogen-bond acceptors (Lipinski definition) is 4. The third kappa shape index (κ3) is 8.71. The molecule has 0 aromatic heterocycles. The first-order valence-corrected chi connectivity index (χ1v) is 8.32. The van der Waals surface area contributed by atoms with Crippen LogP contribution in [0, 0.1) is 0 Å². The van der Waals surface area contributed by atoms with Crippen molar-refractivity contribution in [3.05, 3.63) is 0 Å². The van der Waals surface area contributed by atoms with Crippen LogP contribution in [-0.4, -0.2) is 74.7 Å². The Bertz CT molecular complexity index is 451. The number of nitrogens with one attached hydrogen (secondary N) is 3. The molecule has 1 saturated heterocycles. The van der Waals surface area contributed by atoms with E-state index in [4.69, 9.17) is 4.74 Å². The first-order chi connectivity index (χ1) is 11.2. The molecule has 24 heavy (non-hydrogen) atoms. The fraction of sp³-hybridized carbons (Fsp3) is 0.812. The minimum absolute atomic E-state index is 0.00567. The van der Waals surface area contributed by atoms with E-state index in [-0.39, 0.29) is 36.5 Å². The van der Waals surface area contributed by atoms with Gasteiger partial charge >= 0.3 is 0 Å². The number of guanidine groups is 1. The van der Waals surface area contributed by atoms with Crippen molar-refractivity contribution in [2.75, 3.05) is 40.3 Å². The van der Waals surface area contributed by atoms with Crippen LogP contribution >= 0.6 is 0 Å². The average Bonchev–Trinajstić information content (AvgIpc) is 2.97. The van der Waals surface area contributed by atoms with Crippen molar-refractivity contribution in [3.8, 4) is 0 Å². The molecule has 0 bridgehead atoms. The van der Waals surface area contributed by atoms with Crippen LogP contribution < -0.4 is 16.0 Å². The molecule has 1 rings (SSSR count). The summed E-state index contributed by atoms with van der Waals surface area (Å²) in [5, 5.41) is 8.95. The van der Waals surface area contributed by atoms with Crippen LogP contribution in [0.3, 0.4) is 0 Å². The molecule has 1 fully saturated rings. The van der Waals surface area contributed by atoms with Gasteiger partial charge in [-0.2, -0.15) is 0 Å². The minimum Gasteiger partial charge on any atom is -0.376 e. The van der Waals surface area contributed by atoms with Gasteiger partial charge in [0.25, 0.3) is 0 Å². The second-order valence-electron chi connectivity index (χ2n) is 7.12. The van der Waals surface area contributed by atoms with Gasteiger partial charge in [0.15, 0.2) is 5.96 Å². The molecule has 0 spiro atoms. The molecule has 1 unspecified atom stereocenters. The van der Waals surface area contributed by atoms with Crippen molar-refractivity contribution in [2.24, 2.45) is 4.99 Å². The lowest BCUT2D eigenvalue weighted by Gasteiger charge is -2.20. The highest BCUT2D eigenvalue weighted by Gasteiger charge is 2.17. The molecule has 1 atom stereocenters. The van der Waals surface area contributed by atoms with Crippen LogP contribution in [0.5, 0.6) is 0 Å². The standard InChI is InChI=1S/C16H31N5O3/c1-16(2,3)20-13(22)10-18-15(19-11-14(23)21(4)5)17-9-12-7-6-8-24-12/h12H,6-11H2,1-5H3,(H,20,22)(H2,17,18,19). The highest BCUT2D eigenvalue weighted by atomic mass is 16.5. The summed E-state index contributed by atoms with van der Waals surface area (Å²) in [5.41, 5.74) is -0.299. The Balaban J connectivity index is 2.55. The van der Waals surface area contributed by atoms with E-state index in [0.29, 0.717) is 12.5 Å². The largest absolute Gasteiger partial charge is 0.376 e. The first-order valence-electron chi connectivity index (χ1n) is 8.32. The molecule has 0 saturated carbocycles. The van der Waals surface area contributed by atoms with Crippen molar-refractivity contribution in [3.63, 3.8) is 0 Å². The van der Waals surface area contributed by atoms with Gasteiger partial charge in [0.1, 0.15) is 6.54 Å². The molecule has 2 amide bonds. The summed E-state index contributed by atoms with van der Waals surface area (Å²) in [7, 11) is 3.38. The zero-order valence-corrected chi connectivity index (χ0v) is 15.4. The third-order valence-corrected chi connectivity index (χ3v) is 3.32.